The molecule has 0 bridgehead atoms. The molecule has 0 aliphatic carbocycles. The van der Waals surface area contributed by atoms with Crippen LogP contribution in [0, 0.1) is 0 Å². The maximum Gasteiger partial charge on any atom is 0.238 e. The molecule has 1 saturated heterocycles. The lowest BCUT2D eigenvalue weighted by molar-refractivity contribution is -0.115. The predicted molar refractivity (Wildman–Crippen MR) is 88.8 cm³/mol. The third-order valence-electron chi connectivity index (χ3n) is 3.46. The molecule has 1 amide bonds. The molecule has 2 aromatic rings. The molecule has 1 fully saturated rings. The second-order valence-electron chi connectivity index (χ2n) is 4.83. The number of phenolic OH excluding ortho intramolecular Hbond substituents is 1. The highest BCUT2D eigenvalue weighted by Crippen LogP contribution is 2.43. The highest BCUT2D eigenvalue weighted by molar-refractivity contribution is 8.00. The van der Waals surface area contributed by atoms with Gasteiger partial charge >= 0.3 is 0 Å². The van der Waals surface area contributed by atoms with Crippen LogP contribution in [0.5, 0.6) is 11.5 Å². The van der Waals surface area contributed by atoms with Crippen LogP contribution in [-0.2, 0) is 4.79 Å². The average Bonchev–Trinajstić information content (AvgIpc) is 2.90. The lowest BCUT2D eigenvalue weighted by atomic mass is 10.1. The summed E-state index contributed by atoms with van der Waals surface area (Å²) >= 11 is 7.43. The topological polar surface area (TPSA) is 49.8 Å². The zero-order valence-electron chi connectivity index (χ0n) is 11.8. The fourth-order valence-corrected chi connectivity index (χ4v) is 3.71. The van der Waals surface area contributed by atoms with E-state index in [0.717, 1.165) is 11.3 Å². The first kappa shape index (κ1) is 15.1. The summed E-state index contributed by atoms with van der Waals surface area (Å²) in [5.74, 6) is 0.917. The molecule has 0 saturated carbocycles. The van der Waals surface area contributed by atoms with Gasteiger partial charge < -0.3 is 9.84 Å². The number of carbonyl (C=O) groups is 1. The van der Waals surface area contributed by atoms with E-state index in [2.05, 4.69) is 0 Å². The Morgan fingerprint density at radius 2 is 2.00 bits per heavy atom. The van der Waals surface area contributed by atoms with Crippen molar-refractivity contribution in [1.82, 2.24) is 0 Å². The maximum absolute atomic E-state index is 12.2. The monoisotopic (exact) mass is 335 g/mol. The van der Waals surface area contributed by atoms with Crippen LogP contribution in [0.25, 0.3) is 0 Å². The van der Waals surface area contributed by atoms with Crippen LogP contribution in [0.15, 0.2) is 42.5 Å². The molecule has 1 N–H and O–H groups in total. The van der Waals surface area contributed by atoms with Crippen molar-refractivity contribution in [3.63, 3.8) is 0 Å². The first-order valence-corrected chi connectivity index (χ1v) is 8.09. The van der Waals surface area contributed by atoms with E-state index in [0.29, 0.717) is 16.5 Å². The van der Waals surface area contributed by atoms with E-state index >= 15 is 0 Å². The lowest BCUT2D eigenvalue weighted by Crippen LogP contribution is -2.27. The SMILES string of the molecule is COc1ccc([C@@H]2SCC(=O)N2c2ccc(Cl)cc2)cc1O. The zero-order valence-corrected chi connectivity index (χ0v) is 13.4. The van der Waals surface area contributed by atoms with Crippen LogP contribution in [0.4, 0.5) is 5.69 Å². The van der Waals surface area contributed by atoms with Gasteiger partial charge in [-0.05, 0) is 42.0 Å². The number of aromatic hydroxyl groups is 1. The van der Waals surface area contributed by atoms with Crippen molar-refractivity contribution >= 4 is 35.0 Å². The number of hydrogen-bond donors (Lipinski definition) is 1. The van der Waals surface area contributed by atoms with Gasteiger partial charge in [0.2, 0.25) is 5.91 Å². The molecule has 114 valence electrons. The molecule has 22 heavy (non-hydrogen) atoms. The molecule has 0 spiro atoms. The molecule has 1 aliphatic rings. The standard InChI is InChI=1S/C16H14ClNO3S/c1-21-14-7-2-10(8-13(14)19)16-18(15(20)9-22-16)12-5-3-11(17)4-6-12/h2-8,16,19H,9H2,1H3/t16-/m0/s1. The Bertz CT molecular complexity index is 705. The van der Waals surface area contributed by atoms with E-state index in [1.807, 2.05) is 18.2 Å². The van der Waals surface area contributed by atoms with E-state index in [4.69, 9.17) is 16.3 Å². The molecule has 1 heterocycles. The maximum atomic E-state index is 12.2. The Kier molecular flexibility index (Phi) is 4.18. The molecular formula is C16H14ClNO3S. The van der Waals surface area contributed by atoms with Gasteiger partial charge in [-0.3, -0.25) is 9.69 Å². The van der Waals surface area contributed by atoms with Gasteiger partial charge in [-0.1, -0.05) is 17.7 Å². The van der Waals surface area contributed by atoms with Gasteiger partial charge in [0.25, 0.3) is 0 Å². The second kappa shape index (κ2) is 6.10. The number of ether oxygens (including phenoxy) is 1. The van der Waals surface area contributed by atoms with E-state index in [1.54, 1.807) is 29.2 Å². The van der Waals surface area contributed by atoms with Gasteiger partial charge in [0.1, 0.15) is 5.37 Å². The molecule has 0 aromatic heterocycles. The number of amides is 1. The molecule has 3 rings (SSSR count). The summed E-state index contributed by atoms with van der Waals surface area (Å²) in [5.41, 5.74) is 1.64. The Morgan fingerprint density at radius 1 is 1.27 bits per heavy atom. The predicted octanol–water partition coefficient (Wildman–Crippen LogP) is 3.83. The molecule has 1 aliphatic heterocycles. The van der Waals surface area contributed by atoms with Crippen LogP contribution in [0.1, 0.15) is 10.9 Å². The Hall–Kier alpha value is -1.85. The van der Waals surface area contributed by atoms with Crippen molar-refractivity contribution in [2.75, 3.05) is 17.8 Å². The van der Waals surface area contributed by atoms with Crippen molar-refractivity contribution in [3.05, 3.63) is 53.1 Å². The highest BCUT2D eigenvalue weighted by Gasteiger charge is 2.34. The summed E-state index contributed by atoms with van der Waals surface area (Å²) in [7, 11) is 1.50. The smallest absolute Gasteiger partial charge is 0.238 e. The normalized spacial score (nSPS) is 17.8. The fraction of sp³-hybridized carbons (Fsp3) is 0.188. The zero-order chi connectivity index (χ0) is 15.7. The van der Waals surface area contributed by atoms with Gasteiger partial charge in [-0.2, -0.15) is 0 Å². The van der Waals surface area contributed by atoms with Gasteiger partial charge in [-0.25, -0.2) is 0 Å². The van der Waals surface area contributed by atoms with Crippen molar-refractivity contribution in [3.8, 4) is 11.5 Å². The van der Waals surface area contributed by atoms with Crippen molar-refractivity contribution < 1.29 is 14.6 Å². The van der Waals surface area contributed by atoms with Crippen molar-refractivity contribution in [2.45, 2.75) is 5.37 Å². The van der Waals surface area contributed by atoms with Gasteiger partial charge in [0, 0.05) is 10.7 Å². The number of rotatable bonds is 3. The number of hydrogen-bond acceptors (Lipinski definition) is 4. The number of methoxy groups -OCH3 is 1. The van der Waals surface area contributed by atoms with Crippen LogP contribution in [0.2, 0.25) is 5.02 Å². The third kappa shape index (κ3) is 2.74. The number of anilines is 1. The number of nitrogens with zero attached hydrogens (tertiary/aromatic N) is 1. The van der Waals surface area contributed by atoms with E-state index < -0.39 is 0 Å². The quantitative estimate of drug-likeness (QED) is 0.926. The summed E-state index contributed by atoms with van der Waals surface area (Å²) in [4.78, 5) is 14.0. The Balaban J connectivity index is 1.96. The van der Waals surface area contributed by atoms with Crippen molar-refractivity contribution in [1.29, 1.82) is 0 Å². The summed E-state index contributed by atoms with van der Waals surface area (Å²) in [6.07, 6.45) is 0. The van der Waals surface area contributed by atoms with E-state index in [9.17, 15) is 9.90 Å². The minimum Gasteiger partial charge on any atom is -0.504 e. The Morgan fingerprint density at radius 3 is 2.64 bits per heavy atom. The molecule has 0 unspecified atom stereocenters. The van der Waals surface area contributed by atoms with Crippen LogP contribution >= 0.6 is 23.4 Å². The van der Waals surface area contributed by atoms with E-state index in [-0.39, 0.29) is 17.0 Å². The molecule has 6 heteroatoms. The second-order valence-corrected chi connectivity index (χ2v) is 6.34. The number of carbonyl (C=O) groups excluding carboxylic acids is 1. The van der Waals surface area contributed by atoms with Crippen LogP contribution < -0.4 is 9.64 Å². The van der Waals surface area contributed by atoms with Crippen LogP contribution in [-0.4, -0.2) is 23.9 Å². The summed E-state index contributed by atoms with van der Waals surface area (Å²) in [6.45, 7) is 0. The summed E-state index contributed by atoms with van der Waals surface area (Å²) < 4.78 is 5.06. The lowest BCUT2D eigenvalue weighted by Gasteiger charge is -2.24. The highest BCUT2D eigenvalue weighted by atomic mass is 35.5. The largest absolute Gasteiger partial charge is 0.504 e. The number of benzene rings is 2. The molecule has 0 radical (unpaired) electrons. The van der Waals surface area contributed by atoms with Crippen LogP contribution in [0.3, 0.4) is 0 Å². The third-order valence-corrected chi connectivity index (χ3v) is 4.93. The molecule has 1 atom stereocenters. The minimum absolute atomic E-state index is 0.0348. The Labute approximate surface area is 137 Å². The van der Waals surface area contributed by atoms with E-state index in [1.165, 1.54) is 18.9 Å². The minimum atomic E-state index is -0.175. The average molecular weight is 336 g/mol. The van der Waals surface area contributed by atoms with Crippen molar-refractivity contribution in [2.24, 2.45) is 0 Å². The summed E-state index contributed by atoms with van der Waals surface area (Å²) in [5, 5.41) is 10.4. The first-order valence-electron chi connectivity index (χ1n) is 6.66. The number of halogens is 1. The number of thioether (sulfide) groups is 1. The van der Waals surface area contributed by atoms with Gasteiger partial charge in [-0.15, -0.1) is 11.8 Å². The van der Waals surface area contributed by atoms with Gasteiger partial charge in [0.15, 0.2) is 11.5 Å². The first-order chi connectivity index (χ1) is 10.6. The molecule has 2 aromatic carbocycles. The fourth-order valence-electron chi connectivity index (χ4n) is 2.41. The summed E-state index contributed by atoms with van der Waals surface area (Å²) in [6, 6.07) is 12.4. The molecule has 4 nitrogen and oxygen atoms in total. The van der Waals surface area contributed by atoms with Gasteiger partial charge in [0.05, 0.1) is 12.9 Å². The molecular weight excluding hydrogens is 322 g/mol. The number of phenols is 1.